The molecule has 6 rings (SSSR count). The van der Waals surface area contributed by atoms with Crippen molar-refractivity contribution in [3.05, 3.63) is 12.2 Å². The molecule has 3 heteroatoms. The average molecular weight is 457 g/mol. The summed E-state index contributed by atoms with van der Waals surface area (Å²) in [5.74, 6) is 2.97. The van der Waals surface area contributed by atoms with Crippen molar-refractivity contribution in [1.29, 1.82) is 0 Å². The van der Waals surface area contributed by atoms with Gasteiger partial charge in [-0.3, -0.25) is 0 Å². The van der Waals surface area contributed by atoms with E-state index in [4.69, 9.17) is 4.74 Å². The third-order valence-corrected chi connectivity index (χ3v) is 14.0. The topological polar surface area (TPSA) is 49.7 Å². The van der Waals surface area contributed by atoms with Crippen molar-refractivity contribution in [2.45, 2.75) is 105 Å². The average Bonchev–Trinajstić information content (AvgIpc) is 3.06. The first-order chi connectivity index (χ1) is 15.4. The molecule has 33 heavy (non-hydrogen) atoms. The molecule has 12 atom stereocenters. The van der Waals surface area contributed by atoms with E-state index in [9.17, 15) is 10.2 Å². The maximum atomic E-state index is 10.9. The molecule has 2 N–H and O–H groups in total. The molecular weight excluding hydrogens is 408 g/mol. The van der Waals surface area contributed by atoms with Crippen molar-refractivity contribution in [2.75, 3.05) is 13.2 Å². The van der Waals surface area contributed by atoms with Gasteiger partial charge in [-0.1, -0.05) is 53.7 Å². The molecule has 0 aromatic heterocycles. The van der Waals surface area contributed by atoms with Crippen molar-refractivity contribution in [1.82, 2.24) is 0 Å². The molecular formula is C30H48O3. The quantitative estimate of drug-likeness (QED) is 0.477. The molecule has 6 aliphatic rings. The van der Waals surface area contributed by atoms with Crippen LogP contribution in [0.4, 0.5) is 0 Å². The number of hydrogen-bond acceptors (Lipinski definition) is 3. The second-order valence-electron chi connectivity index (χ2n) is 14.7. The highest BCUT2D eigenvalue weighted by atomic mass is 16.5. The summed E-state index contributed by atoms with van der Waals surface area (Å²) in [6.07, 6.45) is 14.3. The highest BCUT2D eigenvalue weighted by molar-refractivity contribution is 5.35. The predicted octanol–water partition coefficient (Wildman–Crippen LogP) is 5.99. The number of rotatable bonds is 1. The number of hydrogen-bond donors (Lipinski definition) is 2. The minimum atomic E-state index is -0.392. The Morgan fingerprint density at radius 2 is 1.70 bits per heavy atom. The first-order valence-corrected chi connectivity index (χ1v) is 14.1. The summed E-state index contributed by atoms with van der Waals surface area (Å²) in [5, 5.41) is 21.4. The van der Waals surface area contributed by atoms with Crippen LogP contribution in [0.3, 0.4) is 0 Å². The van der Waals surface area contributed by atoms with Crippen LogP contribution in [0.2, 0.25) is 0 Å². The van der Waals surface area contributed by atoms with Crippen LogP contribution in [-0.2, 0) is 4.74 Å². The lowest BCUT2D eigenvalue weighted by molar-refractivity contribution is -0.251. The van der Waals surface area contributed by atoms with Crippen LogP contribution >= 0.6 is 0 Å². The van der Waals surface area contributed by atoms with Gasteiger partial charge in [-0.25, -0.2) is 0 Å². The smallest absolute Gasteiger partial charge is 0.0958 e. The van der Waals surface area contributed by atoms with Gasteiger partial charge in [-0.05, 0) is 91.3 Å². The Morgan fingerprint density at radius 3 is 2.42 bits per heavy atom. The van der Waals surface area contributed by atoms with E-state index in [0.717, 1.165) is 31.8 Å². The third-order valence-electron chi connectivity index (χ3n) is 14.0. The Hall–Kier alpha value is -0.380. The van der Waals surface area contributed by atoms with E-state index < -0.39 is 11.5 Å². The highest BCUT2D eigenvalue weighted by Gasteiger charge is 2.77. The first-order valence-electron chi connectivity index (χ1n) is 14.1. The number of aliphatic hydroxyl groups excluding tert-OH is 2. The molecule has 186 valence electrons. The van der Waals surface area contributed by atoms with Crippen molar-refractivity contribution >= 4 is 0 Å². The summed E-state index contributed by atoms with van der Waals surface area (Å²) in [6, 6.07) is 0. The molecule has 1 unspecified atom stereocenters. The lowest BCUT2D eigenvalue weighted by Gasteiger charge is -2.73. The number of aliphatic hydroxyl groups is 2. The van der Waals surface area contributed by atoms with Gasteiger partial charge in [0.25, 0.3) is 0 Å². The molecule has 0 amide bonds. The van der Waals surface area contributed by atoms with E-state index in [0.29, 0.717) is 29.1 Å². The maximum Gasteiger partial charge on any atom is 0.0958 e. The predicted molar refractivity (Wildman–Crippen MR) is 132 cm³/mol. The molecule has 1 aliphatic heterocycles. The van der Waals surface area contributed by atoms with Crippen LogP contribution in [0.25, 0.3) is 0 Å². The minimum Gasteiger partial charge on any atom is -0.396 e. The van der Waals surface area contributed by atoms with Crippen LogP contribution in [0.5, 0.6) is 0 Å². The van der Waals surface area contributed by atoms with Gasteiger partial charge in [0.05, 0.1) is 24.9 Å². The van der Waals surface area contributed by atoms with Crippen molar-refractivity contribution in [2.24, 2.45) is 56.7 Å². The molecule has 1 saturated heterocycles. The van der Waals surface area contributed by atoms with Crippen molar-refractivity contribution in [3.63, 3.8) is 0 Å². The second-order valence-corrected chi connectivity index (χ2v) is 14.7. The van der Waals surface area contributed by atoms with Gasteiger partial charge < -0.3 is 14.9 Å². The van der Waals surface area contributed by atoms with E-state index in [1.807, 2.05) is 0 Å². The lowest BCUT2D eigenvalue weighted by Crippen LogP contribution is -2.71. The monoisotopic (exact) mass is 456 g/mol. The normalized spacial score (nSPS) is 63.9. The van der Waals surface area contributed by atoms with Gasteiger partial charge in [-0.15, -0.1) is 0 Å². The Balaban J connectivity index is 1.49. The summed E-state index contributed by atoms with van der Waals surface area (Å²) < 4.78 is 7.12. The van der Waals surface area contributed by atoms with Gasteiger partial charge in [0, 0.05) is 16.7 Å². The molecule has 1 heterocycles. The fourth-order valence-corrected chi connectivity index (χ4v) is 11.6. The van der Waals surface area contributed by atoms with Crippen LogP contribution in [-0.4, -0.2) is 35.1 Å². The van der Waals surface area contributed by atoms with Gasteiger partial charge >= 0.3 is 0 Å². The van der Waals surface area contributed by atoms with Gasteiger partial charge in [0.2, 0.25) is 0 Å². The van der Waals surface area contributed by atoms with E-state index >= 15 is 0 Å². The molecule has 2 bridgehead atoms. The summed E-state index contributed by atoms with van der Waals surface area (Å²) in [7, 11) is 0. The number of ether oxygens (including phenoxy) is 1. The molecule has 5 fully saturated rings. The van der Waals surface area contributed by atoms with Gasteiger partial charge in [0.15, 0.2) is 0 Å². The molecule has 1 spiro atoms. The molecule has 5 aliphatic carbocycles. The van der Waals surface area contributed by atoms with Crippen LogP contribution in [0.1, 0.15) is 92.9 Å². The molecule has 0 aromatic carbocycles. The Kier molecular flexibility index (Phi) is 4.66. The zero-order chi connectivity index (χ0) is 23.7. The largest absolute Gasteiger partial charge is 0.396 e. The summed E-state index contributed by atoms with van der Waals surface area (Å²) in [4.78, 5) is 0. The molecule has 0 aromatic rings. The third kappa shape index (κ3) is 2.35. The van der Waals surface area contributed by atoms with Gasteiger partial charge in [0.1, 0.15) is 0 Å². The SMILES string of the molecule is C[C@H]1[C@H](C)CCC23CC[C@@]4(C)[C@]5(C)CC[C@@H]6[C@](C)(CC[C@H](O)[C@@]6(C)CO)[C@H]5C=C[C@@]4(OC2)[C@H]13. The molecule has 0 radical (unpaired) electrons. The van der Waals surface area contributed by atoms with Crippen LogP contribution in [0.15, 0.2) is 12.2 Å². The van der Waals surface area contributed by atoms with Gasteiger partial charge in [-0.2, -0.15) is 0 Å². The molecule has 3 nitrogen and oxygen atoms in total. The highest BCUT2D eigenvalue weighted by Crippen LogP contribution is 2.79. The zero-order valence-electron chi connectivity index (χ0n) is 22.0. The Morgan fingerprint density at radius 1 is 0.939 bits per heavy atom. The fourth-order valence-electron chi connectivity index (χ4n) is 11.6. The Bertz CT molecular complexity index is 869. The van der Waals surface area contributed by atoms with Crippen LogP contribution in [0, 0.1) is 56.7 Å². The lowest BCUT2D eigenvalue weighted by atomic mass is 9.32. The molecule has 4 saturated carbocycles. The maximum absolute atomic E-state index is 10.9. The Labute approximate surface area is 201 Å². The van der Waals surface area contributed by atoms with Crippen molar-refractivity contribution < 1.29 is 14.9 Å². The minimum absolute atomic E-state index is 0.0892. The standard InChI is InChI=1S/C30H48O3/c1-19-7-13-29-16-15-28(6)27(5)12-8-21-25(3,11-10-23(32)26(21,4)17-31)22(27)9-14-30(28,33-18-29)24(29)20(19)2/h9,14,19-24,31-32H,7-8,10-13,15-18H2,1-6H3/t19-,20+,21-,22-,23+,24-,25+,26+,27-,28+,29?,30-/m1/s1. The summed E-state index contributed by atoms with van der Waals surface area (Å²) in [6.45, 7) is 15.9. The van der Waals surface area contributed by atoms with E-state index in [2.05, 4.69) is 53.7 Å². The zero-order valence-corrected chi connectivity index (χ0v) is 22.0. The van der Waals surface area contributed by atoms with E-state index in [-0.39, 0.29) is 28.5 Å². The number of allylic oxidation sites excluding steroid dienone is 1. The van der Waals surface area contributed by atoms with Crippen LogP contribution < -0.4 is 0 Å². The number of fused-ring (bicyclic) bond motifs is 4. The van der Waals surface area contributed by atoms with Crippen molar-refractivity contribution in [3.8, 4) is 0 Å². The fraction of sp³-hybridized carbons (Fsp3) is 0.933. The van der Waals surface area contributed by atoms with E-state index in [1.165, 1.54) is 32.1 Å². The van der Waals surface area contributed by atoms with E-state index in [1.54, 1.807) is 0 Å². The first kappa shape index (κ1) is 23.0. The summed E-state index contributed by atoms with van der Waals surface area (Å²) in [5.41, 5.74) is 0.310. The summed E-state index contributed by atoms with van der Waals surface area (Å²) >= 11 is 0. The second kappa shape index (κ2) is 6.68.